The van der Waals surface area contributed by atoms with Gasteiger partial charge in [-0.3, -0.25) is 4.98 Å². The number of esters is 1. The van der Waals surface area contributed by atoms with Gasteiger partial charge in [0.15, 0.2) is 11.5 Å². The summed E-state index contributed by atoms with van der Waals surface area (Å²) >= 11 is 6.32. The van der Waals surface area contributed by atoms with Gasteiger partial charge in [-0.05, 0) is 128 Å². The average molecular weight is 675 g/mol. The molecule has 0 bridgehead atoms. The minimum absolute atomic E-state index is 0.000783. The number of rotatable bonds is 10. The van der Waals surface area contributed by atoms with E-state index in [-0.39, 0.29) is 18.0 Å². The molecule has 3 aromatic rings. The minimum atomic E-state index is -0.855. The van der Waals surface area contributed by atoms with E-state index in [1.807, 2.05) is 36.5 Å². The highest BCUT2D eigenvalue weighted by atomic mass is 35.5. The van der Waals surface area contributed by atoms with Crippen LogP contribution in [0.1, 0.15) is 93.5 Å². The van der Waals surface area contributed by atoms with Crippen molar-refractivity contribution < 1.29 is 28.8 Å². The SMILES string of the molecule is COC(=O)C1(Nc2cccc(Cl)c2)CCC2(CC1)c1cc3c(cc1C[C@@H]2C[C@@H](C)COc1ccnc2c1[C@H](C)CCC2)OC(CCO)O3. The van der Waals surface area contributed by atoms with Crippen LogP contribution < -0.4 is 19.5 Å². The van der Waals surface area contributed by atoms with Crippen molar-refractivity contribution in [2.75, 3.05) is 25.6 Å². The van der Waals surface area contributed by atoms with Crippen molar-refractivity contribution in [2.45, 2.75) is 101 Å². The number of nitrogens with zero attached hydrogens (tertiary/aromatic N) is 1. The number of halogens is 1. The van der Waals surface area contributed by atoms with E-state index in [1.165, 1.54) is 42.3 Å². The van der Waals surface area contributed by atoms with Crippen LogP contribution >= 0.6 is 11.6 Å². The van der Waals surface area contributed by atoms with Gasteiger partial charge in [-0.2, -0.15) is 0 Å². The molecule has 1 unspecified atom stereocenters. The Balaban J connectivity index is 1.15. The van der Waals surface area contributed by atoms with E-state index < -0.39 is 11.8 Å². The molecule has 4 atom stereocenters. The van der Waals surface area contributed by atoms with Gasteiger partial charge in [0.05, 0.1) is 20.3 Å². The van der Waals surface area contributed by atoms with Crippen LogP contribution in [0.25, 0.3) is 0 Å². The zero-order valence-electron chi connectivity index (χ0n) is 28.2. The second-order valence-corrected chi connectivity index (χ2v) is 15.0. The maximum absolute atomic E-state index is 13.5. The highest BCUT2D eigenvalue weighted by Crippen LogP contribution is 2.58. The van der Waals surface area contributed by atoms with E-state index in [1.54, 1.807) is 0 Å². The monoisotopic (exact) mass is 674 g/mol. The number of carbonyl (C=O) groups excluding carboxylic acids is 1. The highest BCUT2D eigenvalue weighted by Gasteiger charge is 2.55. The Labute approximate surface area is 288 Å². The fourth-order valence-electron chi connectivity index (χ4n) is 9.01. The first-order valence-electron chi connectivity index (χ1n) is 17.6. The number of aryl methyl sites for hydroxylation is 1. The molecule has 48 heavy (non-hydrogen) atoms. The summed E-state index contributed by atoms with van der Waals surface area (Å²) in [5.41, 5.74) is 4.86. The number of ether oxygens (including phenoxy) is 4. The standard InChI is InChI=1S/C39H47ClN2O6/c1-24(23-46-32-10-16-41-31-9-4-6-25(2)36(31)32)18-27-19-26-20-33-34(48-35(47-33)11-17-43)22-30(26)38(27)12-14-39(15-13-38,37(44)45-3)42-29-8-5-7-28(40)21-29/h5,7-8,10,16,20-22,24-25,27,35,42-43H,4,6,9,11-15,17-19,23H2,1-3H3/t24-,25-,27+,35?,38?,39?/m1/s1. The summed E-state index contributed by atoms with van der Waals surface area (Å²) in [6, 6.07) is 13.9. The van der Waals surface area contributed by atoms with Gasteiger partial charge in [0.2, 0.25) is 6.29 Å². The Morgan fingerprint density at radius 3 is 2.69 bits per heavy atom. The molecule has 256 valence electrons. The van der Waals surface area contributed by atoms with Gasteiger partial charge in [-0.15, -0.1) is 0 Å². The summed E-state index contributed by atoms with van der Waals surface area (Å²) in [7, 11) is 1.47. The molecule has 0 amide bonds. The first kappa shape index (κ1) is 33.0. The van der Waals surface area contributed by atoms with E-state index in [0.717, 1.165) is 55.0 Å². The molecular weight excluding hydrogens is 628 g/mol. The molecule has 4 aliphatic rings. The van der Waals surface area contributed by atoms with Gasteiger partial charge in [0, 0.05) is 34.6 Å². The van der Waals surface area contributed by atoms with Crippen LogP contribution in [0.2, 0.25) is 5.02 Å². The van der Waals surface area contributed by atoms with E-state index >= 15 is 0 Å². The van der Waals surface area contributed by atoms with E-state index in [4.69, 9.17) is 30.5 Å². The number of pyridine rings is 1. The van der Waals surface area contributed by atoms with Gasteiger partial charge in [-0.25, -0.2) is 4.79 Å². The van der Waals surface area contributed by atoms with Gasteiger partial charge < -0.3 is 29.4 Å². The third-order valence-electron chi connectivity index (χ3n) is 11.4. The van der Waals surface area contributed by atoms with Crippen molar-refractivity contribution in [1.82, 2.24) is 4.98 Å². The Bertz CT molecular complexity index is 1650. The molecule has 1 saturated carbocycles. The van der Waals surface area contributed by atoms with Gasteiger partial charge in [0.1, 0.15) is 11.3 Å². The van der Waals surface area contributed by atoms with Crippen LogP contribution in [0.3, 0.4) is 0 Å². The number of nitrogens with one attached hydrogen (secondary N) is 1. The lowest BCUT2D eigenvalue weighted by molar-refractivity contribution is -0.148. The molecule has 1 aromatic heterocycles. The number of methoxy groups -OCH3 is 1. The minimum Gasteiger partial charge on any atom is -0.493 e. The van der Waals surface area contributed by atoms with Crippen LogP contribution in [-0.2, 0) is 27.8 Å². The van der Waals surface area contributed by atoms with Crippen molar-refractivity contribution in [3.8, 4) is 17.2 Å². The van der Waals surface area contributed by atoms with E-state index in [2.05, 4.69) is 36.3 Å². The van der Waals surface area contributed by atoms with Crippen molar-refractivity contribution in [1.29, 1.82) is 0 Å². The lowest BCUT2D eigenvalue weighted by Crippen LogP contribution is -2.53. The third kappa shape index (κ3) is 6.11. The van der Waals surface area contributed by atoms with Crippen LogP contribution in [-0.4, -0.2) is 48.2 Å². The molecule has 8 nitrogen and oxygen atoms in total. The summed E-state index contributed by atoms with van der Waals surface area (Å²) in [4.78, 5) is 18.2. The number of fused-ring (bicyclic) bond motifs is 4. The maximum atomic E-state index is 13.5. The normalized spacial score (nSPS) is 27.6. The molecule has 0 radical (unpaired) electrons. The highest BCUT2D eigenvalue weighted by molar-refractivity contribution is 6.30. The molecule has 2 aromatic carbocycles. The number of benzene rings is 2. The second-order valence-electron chi connectivity index (χ2n) is 14.5. The topological polar surface area (TPSA) is 99.1 Å². The van der Waals surface area contributed by atoms with Crippen LogP contribution in [0, 0.1) is 11.8 Å². The molecule has 0 saturated heterocycles. The summed E-state index contributed by atoms with van der Waals surface area (Å²) in [5, 5.41) is 13.7. The van der Waals surface area contributed by atoms with Crippen molar-refractivity contribution in [2.24, 2.45) is 11.8 Å². The number of anilines is 1. The van der Waals surface area contributed by atoms with Crippen LogP contribution in [0.4, 0.5) is 5.69 Å². The molecule has 9 heteroatoms. The van der Waals surface area contributed by atoms with Gasteiger partial charge >= 0.3 is 5.97 Å². The smallest absolute Gasteiger partial charge is 0.331 e. The number of aliphatic hydroxyl groups excluding tert-OH is 1. The molecule has 7 rings (SSSR count). The third-order valence-corrected chi connectivity index (χ3v) is 11.6. The molecule has 1 aliphatic heterocycles. The molecule has 1 spiro atoms. The molecule has 3 aliphatic carbocycles. The van der Waals surface area contributed by atoms with Crippen molar-refractivity contribution in [3.63, 3.8) is 0 Å². The Kier molecular flexibility index (Phi) is 9.24. The van der Waals surface area contributed by atoms with Crippen molar-refractivity contribution in [3.05, 3.63) is 76.1 Å². The molecule has 2 N–H and O–H groups in total. The number of hydrogen-bond acceptors (Lipinski definition) is 8. The van der Waals surface area contributed by atoms with Crippen LogP contribution in [0.15, 0.2) is 48.7 Å². The zero-order chi connectivity index (χ0) is 33.5. The Morgan fingerprint density at radius 1 is 1.15 bits per heavy atom. The number of aromatic nitrogens is 1. The Morgan fingerprint density at radius 2 is 1.94 bits per heavy atom. The maximum Gasteiger partial charge on any atom is 0.331 e. The quantitative estimate of drug-likeness (QED) is 0.211. The Hall–Kier alpha value is -3.49. The first-order valence-corrected chi connectivity index (χ1v) is 18.0. The number of carbonyl (C=O) groups is 1. The first-order chi connectivity index (χ1) is 23.2. The summed E-state index contributed by atoms with van der Waals surface area (Å²) in [5.74, 6) is 3.35. The molecule has 2 heterocycles. The van der Waals surface area contributed by atoms with E-state index in [9.17, 15) is 9.90 Å². The summed E-state index contributed by atoms with van der Waals surface area (Å²) in [6.45, 7) is 5.22. The predicted octanol–water partition coefficient (Wildman–Crippen LogP) is 7.77. The van der Waals surface area contributed by atoms with E-state index in [0.29, 0.717) is 48.6 Å². The fraction of sp³-hybridized carbons (Fsp3) is 0.538. The largest absolute Gasteiger partial charge is 0.493 e. The van der Waals surface area contributed by atoms with Crippen molar-refractivity contribution >= 4 is 23.3 Å². The number of hydrogen-bond donors (Lipinski definition) is 2. The fourth-order valence-corrected chi connectivity index (χ4v) is 9.20. The van der Waals surface area contributed by atoms with Gasteiger partial charge in [-0.1, -0.05) is 31.5 Å². The number of aliphatic hydroxyl groups is 1. The van der Waals surface area contributed by atoms with Crippen LogP contribution in [0.5, 0.6) is 17.2 Å². The summed E-state index contributed by atoms with van der Waals surface area (Å²) in [6.07, 6.45) is 9.99. The lowest BCUT2D eigenvalue weighted by Gasteiger charge is -2.47. The lowest BCUT2D eigenvalue weighted by atomic mass is 9.59. The summed E-state index contributed by atoms with van der Waals surface area (Å²) < 4.78 is 24.2. The molecule has 1 fully saturated rings. The molecular formula is C39H47ClN2O6. The van der Waals surface area contributed by atoms with Gasteiger partial charge in [0.25, 0.3) is 0 Å². The second kappa shape index (κ2) is 13.4. The average Bonchev–Trinajstić information content (AvgIpc) is 3.60. The zero-order valence-corrected chi connectivity index (χ0v) is 29.0. The predicted molar refractivity (Wildman–Crippen MR) is 185 cm³/mol.